The second kappa shape index (κ2) is 3.89. The van der Waals surface area contributed by atoms with E-state index in [2.05, 4.69) is 22.9 Å². The van der Waals surface area contributed by atoms with Crippen LogP contribution in [-0.4, -0.2) is 18.3 Å². The second-order valence-corrected chi connectivity index (χ2v) is 5.48. The fourth-order valence-corrected chi connectivity index (χ4v) is 3.25. The molecule has 2 aliphatic rings. The van der Waals surface area contributed by atoms with Gasteiger partial charge in [-0.1, -0.05) is 22.9 Å². The van der Waals surface area contributed by atoms with Gasteiger partial charge < -0.3 is 14.6 Å². The fraction of sp³-hybridized carbons (Fsp3) is 0.538. The van der Waals surface area contributed by atoms with Gasteiger partial charge in [0.05, 0.1) is 5.60 Å². The van der Waals surface area contributed by atoms with Crippen LogP contribution in [-0.2, 0) is 12.0 Å². The van der Waals surface area contributed by atoms with Gasteiger partial charge in [-0.05, 0) is 25.3 Å². The molecule has 1 heterocycles. The van der Waals surface area contributed by atoms with Crippen molar-refractivity contribution in [3.63, 3.8) is 0 Å². The van der Waals surface area contributed by atoms with Crippen LogP contribution >= 0.6 is 15.9 Å². The highest BCUT2D eigenvalue weighted by Crippen LogP contribution is 2.53. The van der Waals surface area contributed by atoms with Crippen LogP contribution in [0.15, 0.2) is 10.5 Å². The molecule has 1 N–H and O–H groups in total. The van der Waals surface area contributed by atoms with E-state index in [0.29, 0.717) is 13.2 Å². The van der Waals surface area contributed by atoms with Gasteiger partial charge in [-0.2, -0.15) is 0 Å². The monoisotopic (exact) mass is 298 g/mol. The molecule has 3 rings (SSSR count). The zero-order valence-corrected chi connectivity index (χ0v) is 11.3. The Kier molecular flexibility index (Phi) is 2.60. The van der Waals surface area contributed by atoms with E-state index < -0.39 is 5.60 Å². The lowest BCUT2D eigenvalue weighted by Crippen LogP contribution is -2.19. The molecule has 1 fully saturated rings. The smallest absolute Gasteiger partial charge is 0.164 e. The normalized spacial score (nSPS) is 20.2. The van der Waals surface area contributed by atoms with E-state index in [9.17, 15) is 5.11 Å². The molecule has 0 saturated heterocycles. The Hall–Kier alpha value is -0.740. The van der Waals surface area contributed by atoms with Crippen molar-refractivity contribution in [2.75, 3.05) is 13.2 Å². The number of hydrogen-bond donors (Lipinski definition) is 1. The molecule has 1 aromatic carbocycles. The van der Waals surface area contributed by atoms with Crippen molar-refractivity contribution in [1.82, 2.24) is 0 Å². The first-order chi connectivity index (χ1) is 8.15. The highest BCUT2D eigenvalue weighted by atomic mass is 79.9. The zero-order valence-electron chi connectivity index (χ0n) is 9.75. The van der Waals surface area contributed by atoms with Gasteiger partial charge in [-0.25, -0.2) is 0 Å². The van der Waals surface area contributed by atoms with Crippen LogP contribution in [0.3, 0.4) is 0 Å². The van der Waals surface area contributed by atoms with Gasteiger partial charge in [0.2, 0.25) is 0 Å². The van der Waals surface area contributed by atoms with Gasteiger partial charge >= 0.3 is 0 Å². The summed E-state index contributed by atoms with van der Waals surface area (Å²) >= 11 is 3.55. The predicted molar refractivity (Wildman–Crippen MR) is 67.6 cm³/mol. The fourth-order valence-electron chi connectivity index (χ4n) is 2.43. The number of benzene rings is 1. The maximum Gasteiger partial charge on any atom is 0.164 e. The molecule has 1 aliphatic carbocycles. The highest BCUT2D eigenvalue weighted by Gasteiger charge is 2.46. The first-order valence-electron chi connectivity index (χ1n) is 5.99. The molecule has 3 nitrogen and oxygen atoms in total. The number of aliphatic hydroxyl groups is 1. The Morgan fingerprint density at radius 2 is 2.06 bits per heavy atom. The molecule has 0 atom stereocenters. The third-order valence-electron chi connectivity index (χ3n) is 3.43. The Bertz CT molecular complexity index is 466. The first-order valence-corrected chi connectivity index (χ1v) is 6.79. The van der Waals surface area contributed by atoms with Gasteiger partial charge in [0.15, 0.2) is 11.5 Å². The number of halogens is 1. The quantitative estimate of drug-likeness (QED) is 0.912. The molecule has 92 valence electrons. The third kappa shape index (κ3) is 1.74. The van der Waals surface area contributed by atoms with E-state index in [1.165, 1.54) is 0 Å². The molecule has 1 saturated carbocycles. The molecule has 1 aromatic rings. The molecule has 0 radical (unpaired) electrons. The van der Waals surface area contributed by atoms with Crippen molar-refractivity contribution in [3.05, 3.63) is 21.7 Å². The summed E-state index contributed by atoms with van der Waals surface area (Å²) in [5.41, 5.74) is 1.42. The van der Waals surface area contributed by atoms with E-state index in [-0.39, 0.29) is 0 Å². The summed E-state index contributed by atoms with van der Waals surface area (Å²) in [5.74, 6) is 1.60. The minimum atomic E-state index is -0.653. The number of rotatable bonds is 2. The molecule has 0 unspecified atom stereocenters. The number of ether oxygens (including phenoxy) is 2. The molecule has 1 aliphatic heterocycles. The summed E-state index contributed by atoms with van der Waals surface area (Å²) in [7, 11) is 0. The standard InChI is InChI=1S/C13H15BrO3/c1-2-8-11(13(15)3-4-13)9(14)7-10-12(8)17-6-5-16-10/h7,15H,2-6H2,1H3. The van der Waals surface area contributed by atoms with Crippen LogP contribution in [0.5, 0.6) is 11.5 Å². The van der Waals surface area contributed by atoms with Crippen LogP contribution in [0, 0.1) is 0 Å². The third-order valence-corrected chi connectivity index (χ3v) is 4.05. The molecule has 0 amide bonds. The topological polar surface area (TPSA) is 38.7 Å². The first kappa shape index (κ1) is 11.4. The number of fused-ring (bicyclic) bond motifs is 1. The summed E-state index contributed by atoms with van der Waals surface area (Å²) in [6, 6.07) is 1.92. The Balaban J connectivity index is 2.20. The van der Waals surface area contributed by atoms with Gasteiger partial charge in [0, 0.05) is 15.6 Å². The maximum absolute atomic E-state index is 10.4. The lowest BCUT2D eigenvalue weighted by atomic mass is 9.97. The van der Waals surface area contributed by atoms with Crippen LogP contribution in [0.25, 0.3) is 0 Å². The van der Waals surface area contributed by atoms with Crippen molar-refractivity contribution >= 4 is 15.9 Å². The summed E-state index contributed by atoms with van der Waals surface area (Å²) < 4.78 is 12.2. The van der Waals surface area contributed by atoms with E-state index in [1.54, 1.807) is 0 Å². The van der Waals surface area contributed by atoms with E-state index in [0.717, 1.165) is 46.4 Å². The Morgan fingerprint density at radius 3 is 2.71 bits per heavy atom. The van der Waals surface area contributed by atoms with Crippen LogP contribution < -0.4 is 9.47 Å². The molecular weight excluding hydrogens is 284 g/mol. The summed E-state index contributed by atoms with van der Waals surface area (Å²) in [6.45, 7) is 3.25. The van der Waals surface area contributed by atoms with E-state index in [4.69, 9.17) is 9.47 Å². The van der Waals surface area contributed by atoms with Crippen molar-refractivity contribution < 1.29 is 14.6 Å². The second-order valence-electron chi connectivity index (χ2n) is 4.62. The van der Waals surface area contributed by atoms with Gasteiger partial charge in [0.25, 0.3) is 0 Å². The van der Waals surface area contributed by atoms with Crippen molar-refractivity contribution in [1.29, 1.82) is 0 Å². The highest BCUT2D eigenvalue weighted by molar-refractivity contribution is 9.10. The molecule has 4 heteroatoms. The average Bonchev–Trinajstić information content (AvgIpc) is 3.06. The van der Waals surface area contributed by atoms with Crippen molar-refractivity contribution in [2.45, 2.75) is 31.8 Å². The molecule has 17 heavy (non-hydrogen) atoms. The predicted octanol–water partition coefficient (Wildman–Crippen LogP) is 2.76. The summed E-state index contributed by atoms with van der Waals surface area (Å²) in [6.07, 6.45) is 2.50. The summed E-state index contributed by atoms with van der Waals surface area (Å²) in [5, 5.41) is 10.4. The van der Waals surface area contributed by atoms with Gasteiger partial charge in [0.1, 0.15) is 13.2 Å². The number of hydrogen-bond acceptors (Lipinski definition) is 3. The van der Waals surface area contributed by atoms with Gasteiger partial charge in [-0.3, -0.25) is 0 Å². The average molecular weight is 299 g/mol. The van der Waals surface area contributed by atoms with Crippen molar-refractivity contribution in [2.24, 2.45) is 0 Å². The zero-order chi connectivity index (χ0) is 12.0. The van der Waals surface area contributed by atoms with E-state index >= 15 is 0 Å². The molecule has 0 spiro atoms. The largest absolute Gasteiger partial charge is 0.486 e. The minimum Gasteiger partial charge on any atom is -0.486 e. The lowest BCUT2D eigenvalue weighted by molar-refractivity contribution is 0.144. The molecule has 0 bridgehead atoms. The SMILES string of the molecule is CCc1c2c(cc(Br)c1C1(O)CC1)OCCO2. The minimum absolute atomic E-state index is 0.583. The van der Waals surface area contributed by atoms with Crippen LogP contribution in [0.2, 0.25) is 0 Å². The van der Waals surface area contributed by atoms with Crippen LogP contribution in [0.4, 0.5) is 0 Å². The van der Waals surface area contributed by atoms with Crippen LogP contribution in [0.1, 0.15) is 30.9 Å². The van der Waals surface area contributed by atoms with Crippen molar-refractivity contribution in [3.8, 4) is 11.5 Å². The maximum atomic E-state index is 10.4. The summed E-state index contributed by atoms with van der Waals surface area (Å²) in [4.78, 5) is 0. The van der Waals surface area contributed by atoms with Gasteiger partial charge in [-0.15, -0.1) is 0 Å². The Morgan fingerprint density at radius 1 is 1.35 bits per heavy atom. The Labute approximate surface area is 109 Å². The van der Waals surface area contributed by atoms with E-state index in [1.807, 2.05) is 6.07 Å². The molecular formula is C13H15BrO3. The molecule has 0 aromatic heterocycles. The lowest BCUT2D eigenvalue weighted by Gasteiger charge is -2.25.